The standard InChI is InChI=1S/C12H22N2O2/c1-13-10-3-6-12(7-4-10)5-2-8-14(9-12)11(15)16/h10,13H,2-9H2,1H3,(H,15,16). The highest BCUT2D eigenvalue weighted by atomic mass is 16.4. The molecule has 1 saturated carbocycles. The Labute approximate surface area is 97.0 Å². The van der Waals surface area contributed by atoms with Crippen LogP contribution in [0.1, 0.15) is 38.5 Å². The van der Waals surface area contributed by atoms with Crippen LogP contribution in [0.3, 0.4) is 0 Å². The molecule has 1 amide bonds. The number of hydrogen-bond acceptors (Lipinski definition) is 2. The summed E-state index contributed by atoms with van der Waals surface area (Å²) in [7, 11) is 2.02. The van der Waals surface area contributed by atoms with Gasteiger partial charge in [0, 0.05) is 19.1 Å². The van der Waals surface area contributed by atoms with Crippen LogP contribution in [-0.2, 0) is 0 Å². The zero-order valence-corrected chi connectivity index (χ0v) is 10.0. The zero-order valence-electron chi connectivity index (χ0n) is 10.0. The van der Waals surface area contributed by atoms with Crippen molar-refractivity contribution in [3.63, 3.8) is 0 Å². The van der Waals surface area contributed by atoms with Crippen LogP contribution < -0.4 is 5.32 Å². The van der Waals surface area contributed by atoms with Gasteiger partial charge in [0.05, 0.1) is 0 Å². The second-order valence-corrected chi connectivity index (χ2v) is 5.37. The van der Waals surface area contributed by atoms with E-state index in [0.717, 1.165) is 19.5 Å². The SMILES string of the molecule is CNC1CCC2(CCCN(C(=O)O)C2)CC1. The molecule has 0 radical (unpaired) electrons. The molecule has 1 spiro atoms. The fourth-order valence-electron chi connectivity index (χ4n) is 3.30. The molecule has 16 heavy (non-hydrogen) atoms. The second-order valence-electron chi connectivity index (χ2n) is 5.37. The number of hydrogen-bond donors (Lipinski definition) is 2. The molecule has 0 aromatic rings. The minimum Gasteiger partial charge on any atom is -0.465 e. The van der Waals surface area contributed by atoms with Crippen molar-refractivity contribution in [1.82, 2.24) is 10.2 Å². The van der Waals surface area contributed by atoms with Gasteiger partial charge in [-0.3, -0.25) is 0 Å². The van der Waals surface area contributed by atoms with Gasteiger partial charge in [0.15, 0.2) is 0 Å². The Balaban J connectivity index is 1.95. The van der Waals surface area contributed by atoms with Crippen LogP contribution in [-0.4, -0.2) is 42.3 Å². The highest BCUT2D eigenvalue weighted by Gasteiger charge is 2.39. The first-order valence-electron chi connectivity index (χ1n) is 6.30. The molecular weight excluding hydrogens is 204 g/mol. The molecule has 2 aliphatic rings. The quantitative estimate of drug-likeness (QED) is 0.718. The predicted octanol–water partition coefficient (Wildman–Crippen LogP) is 1.91. The smallest absolute Gasteiger partial charge is 0.407 e. The first-order chi connectivity index (χ1) is 7.65. The van der Waals surface area contributed by atoms with E-state index in [1.165, 1.54) is 32.1 Å². The van der Waals surface area contributed by atoms with Crippen LogP contribution >= 0.6 is 0 Å². The van der Waals surface area contributed by atoms with Gasteiger partial charge in [-0.1, -0.05) is 0 Å². The van der Waals surface area contributed by atoms with E-state index in [1.807, 2.05) is 7.05 Å². The first-order valence-corrected chi connectivity index (χ1v) is 6.30. The van der Waals surface area contributed by atoms with Crippen LogP contribution in [0.5, 0.6) is 0 Å². The summed E-state index contributed by atoms with van der Waals surface area (Å²) in [6.45, 7) is 1.49. The largest absolute Gasteiger partial charge is 0.465 e. The van der Waals surface area contributed by atoms with Crippen molar-refractivity contribution in [2.24, 2.45) is 5.41 Å². The molecule has 4 heteroatoms. The number of nitrogens with one attached hydrogen (secondary N) is 1. The van der Waals surface area contributed by atoms with Crippen molar-refractivity contribution < 1.29 is 9.90 Å². The number of piperidine rings is 1. The lowest BCUT2D eigenvalue weighted by Gasteiger charge is -2.46. The van der Waals surface area contributed by atoms with Crippen LogP contribution in [0, 0.1) is 5.41 Å². The molecule has 0 atom stereocenters. The fourth-order valence-corrected chi connectivity index (χ4v) is 3.30. The average Bonchev–Trinajstić information content (AvgIpc) is 2.30. The molecule has 1 heterocycles. The molecule has 0 aromatic carbocycles. The summed E-state index contributed by atoms with van der Waals surface area (Å²) >= 11 is 0. The maximum absolute atomic E-state index is 11.0. The molecule has 4 nitrogen and oxygen atoms in total. The zero-order chi connectivity index (χ0) is 11.6. The van der Waals surface area contributed by atoms with Gasteiger partial charge in [0.1, 0.15) is 0 Å². The number of likely N-dealkylation sites (tertiary alicyclic amines) is 1. The minimum absolute atomic E-state index is 0.296. The van der Waals surface area contributed by atoms with E-state index in [9.17, 15) is 4.79 Å². The van der Waals surface area contributed by atoms with Crippen molar-refractivity contribution in [2.75, 3.05) is 20.1 Å². The lowest BCUT2D eigenvalue weighted by molar-refractivity contribution is 0.0463. The summed E-state index contributed by atoms with van der Waals surface area (Å²) in [5.74, 6) is 0. The lowest BCUT2D eigenvalue weighted by Crippen LogP contribution is -2.48. The number of carbonyl (C=O) groups is 1. The molecule has 2 fully saturated rings. The lowest BCUT2D eigenvalue weighted by atomic mass is 9.68. The average molecular weight is 226 g/mol. The molecule has 92 valence electrons. The van der Waals surface area contributed by atoms with Gasteiger partial charge in [0.25, 0.3) is 0 Å². The number of carboxylic acid groups (broad SMARTS) is 1. The summed E-state index contributed by atoms with van der Waals surface area (Å²) in [6, 6.07) is 0.644. The topological polar surface area (TPSA) is 52.6 Å². The molecule has 0 unspecified atom stereocenters. The highest BCUT2D eigenvalue weighted by molar-refractivity contribution is 5.65. The number of amides is 1. The van der Waals surface area contributed by atoms with Crippen LogP contribution in [0.2, 0.25) is 0 Å². The summed E-state index contributed by atoms with van der Waals surface area (Å²) in [5.41, 5.74) is 0.296. The Morgan fingerprint density at radius 2 is 2.06 bits per heavy atom. The second kappa shape index (κ2) is 4.62. The first kappa shape index (κ1) is 11.7. The Morgan fingerprint density at radius 3 is 2.62 bits per heavy atom. The van der Waals surface area contributed by atoms with Crippen LogP contribution in [0.4, 0.5) is 4.79 Å². The van der Waals surface area contributed by atoms with Gasteiger partial charge in [-0.25, -0.2) is 4.79 Å². The van der Waals surface area contributed by atoms with E-state index in [-0.39, 0.29) is 0 Å². The molecule has 2 N–H and O–H groups in total. The Morgan fingerprint density at radius 1 is 1.38 bits per heavy atom. The van der Waals surface area contributed by atoms with Crippen molar-refractivity contribution in [1.29, 1.82) is 0 Å². The Hall–Kier alpha value is -0.770. The van der Waals surface area contributed by atoms with Crippen molar-refractivity contribution in [3.05, 3.63) is 0 Å². The Kier molecular flexibility index (Phi) is 3.38. The van der Waals surface area contributed by atoms with Crippen molar-refractivity contribution >= 4 is 6.09 Å². The van der Waals surface area contributed by atoms with Crippen molar-refractivity contribution in [3.8, 4) is 0 Å². The van der Waals surface area contributed by atoms with Crippen molar-refractivity contribution in [2.45, 2.75) is 44.6 Å². The van der Waals surface area contributed by atoms with Gasteiger partial charge >= 0.3 is 6.09 Å². The third-order valence-electron chi connectivity index (χ3n) is 4.39. The van der Waals surface area contributed by atoms with Gasteiger partial charge in [-0.2, -0.15) is 0 Å². The van der Waals surface area contributed by atoms with Crippen LogP contribution in [0.25, 0.3) is 0 Å². The molecule has 1 saturated heterocycles. The maximum Gasteiger partial charge on any atom is 0.407 e. The summed E-state index contributed by atoms with van der Waals surface area (Å²) in [4.78, 5) is 12.6. The summed E-state index contributed by atoms with van der Waals surface area (Å²) < 4.78 is 0. The normalized spacial score (nSPS) is 35.3. The molecule has 1 aliphatic carbocycles. The van der Waals surface area contributed by atoms with E-state index in [4.69, 9.17) is 5.11 Å². The van der Waals surface area contributed by atoms with E-state index in [1.54, 1.807) is 4.90 Å². The summed E-state index contributed by atoms with van der Waals surface area (Å²) in [5, 5.41) is 12.4. The van der Waals surface area contributed by atoms with E-state index in [2.05, 4.69) is 5.32 Å². The minimum atomic E-state index is -0.741. The van der Waals surface area contributed by atoms with Gasteiger partial charge in [0.2, 0.25) is 0 Å². The predicted molar refractivity (Wildman–Crippen MR) is 62.6 cm³/mol. The van der Waals surface area contributed by atoms with Crippen LogP contribution in [0.15, 0.2) is 0 Å². The molecule has 0 aromatic heterocycles. The van der Waals surface area contributed by atoms with Gasteiger partial charge in [-0.15, -0.1) is 0 Å². The summed E-state index contributed by atoms with van der Waals surface area (Å²) in [6.07, 6.45) is 6.28. The third-order valence-corrected chi connectivity index (χ3v) is 4.39. The van der Waals surface area contributed by atoms with E-state index >= 15 is 0 Å². The number of nitrogens with zero attached hydrogens (tertiary/aromatic N) is 1. The highest BCUT2D eigenvalue weighted by Crippen LogP contribution is 2.43. The molecule has 0 bridgehead atoms. The third kappa shape index (κ3) is 2.32. The van der Waals surface area contributed by atoms with Gasteiger partial charge in [-0.05, 0) is 51.0 Å². The van der Waals surface area contributed by atoms with E-state index in [0.29, 0.717) is 11.5 Å². The molecular formula is C12H22N2O2. The van der Waals surface area contributed by atoms with E-state index < -0.39 is 6.09 Å². The molecule has 1 aliphatic heterocycles. The van der Waals surface area contributed by atoms with Gasteiger partial charge < -0.3 is 15.3 Å². The maximum atomic E-state index is 11.0. The fraction of sp³-hybridized carbons (Fsp3) is 0.917. The molecule has 2 rings (SSSR count). The Bertz CT molecular complexity index is 260. The number of rotatable bonds is 1. The monoisotopic (exact) mass is 226 g/mol.